The number of nitrogens with one attached hydrogen (secondary N) is 2. The van der Waals surface area contributed by atoms with E-state index in [1.165, 1.54) is 0 Å². The molecule has 19 heavy (non-hydrogen) atoms. The summed E-state index contributed by atoms with van der Waals surface area (Å²) in [5, 5.41) is 5.13. The number of rotatable bonds is 5. The van der Waals surface area contributed by atoms with E-state index >= 15 is 0 Å². The largest absolute Gasteiger partial charge is 0.399 e. The van der Waals surface area contributed by atoms with E-state index in [1.807, 2.05) is 6.92 Å². The fourth-order valence-corrected chi connectivity index (χ4v) is 1.40. The molecule has 1 unspecified atom stereocenters. The van der Waals surface area contributed by atoms with Gasteiger partial charge in [-0.1, -0.05) is 12.8 Å². The Bertz CT molecular complexity index is 488. The van der Waals surface area contributed by atoms with Gasteiger partial charge in [0.05, 0.1) is 12.6 Å². The number of nitrogens with two attached hydrogens (primary N) is 1. The van der Waals surface area contributed by atoms with Gasteiger partial charge in [0.1, 0.15) is 0 Å². The zero-order chi connectivity index (χ0) is 14.3. The number of nitrogen functional groups attached to an aromatic ring is 1. The van der Waals surface area contributed by atoms with Crippen LogP contribution in [0.3, 0.4) is 0 Å². The quantitative estimate of drug-likeness (QED) is 0.532. The van der Waals surface area contributed by atoms with Crippen LogP contribution in [0.4, 0.5) is 5.69 Å². The predicted molar refractivity (Wildman–Crippen MR) is 74.2 cm³/mol. The number of carbonyl (C=O) groups excluding carboxylic acids is 2. The minimum atomic E-state index is -0.330. The Hall–Kier alpha value is -2.48. The average molecular weight is 259 g/mol. The van der Waals surface area contributed by atoms with Crippen LogP contribution in [0.15, 0.2) is 24.3 Å². The molecule has 4 N–H and O–H groups in total. The number of benzene rings is 1. The molecule has 1 rings (SSSR count). The lowest BCUT2D eigenvalue weighted by Gasteiger charge is -2.11. The van der Waals surface area contributed by atoms with Gasteiger partial charge in [-0.3, -0.25) is 9.59 Å². The SMILES string of the molecule is C#CC(CC)NC(=O)CNC(=O)c1ccc(N)cc1. The standard InChI is InChI=1S/C14H17N3O2/c1-3-12(4-2)17-13(18)9-16-14(19)10-5-7-11(15)8-6-10/h1,5-8,12H,4,9,15H2,2H3,(H,16,19)(H,17,18). The third kappa shape index (κ3) is 4.72. The van der Waals surface area contributed by atoms with Crippen LogP contribution in [-0.2, 0) is 4.79 Å². The number of carbonyl (C=O) groups is 2. The Morgan fingerprint density at radius 2 is 2.00 bits per heavy atom. The van der Waals surface area contributed by atoms with Crippen LogP contribution in [0.1, 0.15) is 23.7 Å². The van der Waals surface area contributed by atoms with Crippen molar-refractivity contribution in [3.8, 4) is 12.3 Å². The summed E-state index contributed by atoms with van der Waals surface area (Å²) in [5.74, 6) is 1.81. The highest BCUT2D eigenvalue weighted by molar-refractivity contribution is 5.96. The molecular weight excluding hydrogens is 242 g/mol. The smallest absolute Gasteiger partial charge is 0.251 e. The molecule has 0 heterocycles. The lowest BCUT2D eigenvalue weighted by molar-refractivity contribution is -0.120. The molecule has 0 saturated heterocycles. The number of terminal acetylenes is 1. The number of amides is 2. The normalized spacial score (nSPS) is 11.2. The topological polar surface area (TPSA) is 84.2 Å². The maximum atomic E-state index is 11.7. The number of hydrogen-bond donors (Lipinski definition) is 3. The third-order valence-electron chi connectivity index (χ3n) is 2.53. The lowest BCUT2D eigenvalue weighted by atomic mass is 10.2. The highest BCUT2D eigenvalue weighted by Crippen LogP contribution is 2.04. The second kappa shape index (κ2) is 7.07. The van der Waals surface area contributed by atoms with Crippen molar-refractivity contribution in [1.82, 2.24) is 10.6 Å². The van der Waals surface area contributed by atoms with Gasteiger partial charge in [0.25, 0.3) is 5.91 Å². The Balaban J connectivity index is 2.44. The summed E-state index contributed by atoms with van der Waals surface area (Å²) in [7, 11) is 0. The van der Waals surface area contributed by atoms with Gasteiger partial charge in [-0.15, -0.1) is 6.42 Å². The monoisotopic (exact) mass is 259 g/mol. The first-order valence-electron chi connectivity index (χ1n) is 5.96. The maximum Gasteiger partial charge on any atom is 0.251 e. The molecule has 0 fully saturated rings. The van der Waals surface area contributed by atoms with Gasteiger partial charge in [0.2, 0.25) is 5.91 Å². The van der Waals surface area contributed by atoms with Gasteiger partial charge in [-0.25, -0.2) is 0 Å². The molecule has 0 aromatic heterocycles. The zero-order valence-corrected chi connectivity index (χ0v) is 10.8. The fourth-order valence-electron chi connectivity index (χ4n) is 1.40. The molecule has 0 aliphatic rings. The van der Waals surface area contributed by atoms with E-state index < -0.39 is 0 Å². The summed E-state index contributed by atoms with van der Waals surface area (Å²) < 4.78 is 0. The lowest BCUT2D eigenvalue weighted by Crippen LogP contribution is -2.41. The summed E-state index contributed by atoms with van der Waals surface area (Å²) in [6, 6.07) is 6.14. The van der Waals surface area contributed by atoms with Crippen LogP contribution in [0, 0.1) is 12.3 Å². The molecule has 0 saturated carbocycles. The van der Waals surface area contributed by atoms with E-state index in [2.05, 4.69) is 16.6 Å². The molecule has 0 radical (unpaired) electrons. The first-order chi connectivity index (χ1) is 9.06. The van der Waals surface area contributed by atoms with Crippen molar-refractivity contribution in [3.05, 3.63) is 29.8 Å². The Kier molecular flexibility index (Phi) is 5.42. The molecule has 1 aromatic carbocycles. The maximum absolute atomic E-state index is 11.7. The number of hydrogen-bond acceptors (Lipinski definition) is 3. The summed E-state index contributed by atoms with van der Waals surface area (Å²) in [4.78, 5) is 23.2. The van der Waals surface area contributed by atoms with E-state index in [0.29, 0.717) is 17.7 Å². The molecule has 1 aromatic rings. The third-order valence-corrected chi connectivity index (χ3v) is 2.53. The molecule has 0 bridgehead atoms. The van der Waals surface area contributed by atoms with Gasteiger partial charge in [-0.2, -0.15) is 0 Å². The Morgan fingerprint density at radius 3 is 2.53 bits per heavy atom. The van der Waals surface area contributed by atoms with Crippen molar-refractivity contribution >= 4 is 17.5 Å². The van der Waals surface area contributed by atoms with Crippen molar-refractivity contribution in [1.29, 1.82) is 0 Å². The summed E-state index contributed by atoms with van der Waals surface area (Å²) in [6.45, 7) is 1.76. The summed E-state index contributed by atoms with van der Waals surface area (Å²) >= 11 is 0. The first-order valence-corrected chi connectivity index (χ1v) is 5.96. The predicted octanol–water partition coefficient (Wildman–Crippen LogP) is 0.527. The van der Waals surface area contributed by atoms with Crippen molar-refractivity contribution < 1.29 is 9.59 Å². The van der Waals surface area contributed by atoms with Gasteiger partial charge in [-0.05, 0) is 30.7 Å². The van der Waals surface area contributed by atoms with Gasteiger partial charge >= 0.3 is 0 Å². The van der Waals surface area contributed by atoms with Crippen LogP contribution in [0.25, 0.3) is 0 Å². The van der Waals surface area contributed by atoms with E-state index in [1.54, 1.807) is 24.3 Å². The molecule has 5 nitrogen and oxygen atoms in total. The van der Waals surface area contributed by atoms with E-state index in [9.17, 15) is 9.59 Å². The van der Waals surface area contributed by atoms with Crippen LogP contribution < -0.4 is 16.4 Å². The molecule has 100 valence electrons. The molecule has 1 atom stereocenters. The van der Waals surface area contributed by atoms with Crippen molar-refractivity contribution in [2.24, 2.45) is 0 Å². The second-order valence-electron chi connectivity index (χ2n) is 4.00. The molecule has 2 amide bonds. The molecule has 0 aliphatic carbocycles. The van der Waals surface area contributed by atoms with E-state index in [-0.39, 0.29) is 24.4 Å². The highest BCUT2D eigenvalue weighted by Gasteiger charge is 2.10. The van der Waals surface area contributed by atoms with Crippen LogP contribution in [0.2, 0.25) is 0 Å². The van der Waals surface area contributed by atoms with Crippen LogP contribution >= 0.6 is 0 Å². The molecule has 0 spiro atoms. The first kappa shape index (κ1) is 14.6. The van der Waals surface area contributed by atoms with E-state index in [0.717, 1.165) is 0 Å². The van der Waals surface area contributed by atoms with Gasteiger partial charge in [0.15, 0.2) is 0 Å². The van der Waals surface area contributed by atoms with Gasteiger partial charge < -0.3 is 16.4 Å². The minimum Gasteiger partial charge on any atom is -0.399 e. The molecule has 5 heteroatoms. The van der Waals surface area contributed by atoms with Gasteiger partial charge in [0, 0.05) is 11.3 Å². The van der Waals surface area contributed by atoms with Crippen molar-refractivity contribution in [2.75, 3.05) is 12.3 Å². The minimum absolute atomic E-state index is 0.110. The fraction of sp³-hybridized carbons (Fsp3) is 0.286. The van der Waals surface area contributed by atoms with Crippen LogP contribution in [0.5, 0.6) is 0 Å². The van der Waals surface area contributed by atoms with Crippen molar-refractivity contribution in [3.63, 3.8) is 0 Å². The Morgan fingerprint density at radius 1 is 1.37 bits per heavy atom. The highest BCUT2D eigenvalue weighted by atomic mass is 16.2. The average Bonchev–Trinajstić information content (AvgIpc) is 2.43. The summed E-state index contributed by atoms with van der Waals surface area (Å²) in [6.07, 6.45) is 5.88. The molecule has 0 aliphatic heterocycles. The Labute approximate surface area is 112 Å². The number of anilines is 1. The molecular formula is C14H17N3O2. The van der Waals surface area contributed by atoms with E-state index in [4.69, 9.17) is 12.2 Å². The zero-order valence-electron chi connectivity index (χ0n) is 10.8. The van der Waals surface area contributed by atoms with Crippen LogP contribution in [-0.4, -0.2) is 24.4 Å². The second-order valence-corrected chi connectivity index (χ2v) is 4.00. The van der Waals surface area contributed by atoms with Crippen molar-refractivity contribution in [2.45, 2.75) is 19.4 Å². The summed E-state index contributed by atoms with van der Waals surface area (Å²) in [5.41, 5.74) is 6.55.